The van der Waals surface area contributed by atoms with E-state index >= 15 is 0 Å². The van der Waals surface area contributed by atoms with Crippen LogP contribution in [0.25, 0.3) is 0 Å². The third kappa shape index (κ3) is 4.46. The molecule has 25 heavy (non-hydrogen) atoms. The molecular weight excluding hydrogens is 374 g/mol. The third-order valence-corrected chi connectivity index (χ3v) is 4.87. The van der Waals surface area contributed by atoms with Crippen molar-refractivity contribution in [2.45, 2.75) is 13.0 Å². The van der Waals surface area contributed by atoms with E-state index in [1.54, 1.807) is 0 Å². The molecular formula is C16H15ClF2N2O3S. The number of hydrogen-bond donors (Lipinski definition) is 1. The second-order valence-electron chi connectivity index (χ2n) is 5.30. The molecule has 0 spiro atoms. The van der Waals surface area contributed by atoms with E-state index in [1.807, 2.05) is 0 Å². The first-order valence-corrected chi connectivity index (χ1v) is 9.33. The molecule has 0 fully saturated rings. The highest BCUT2D eigenvalue weighted by atomic mass is 35.5. The molecule has 0 radical (unpaired) electrons. The molecule has 0 aromatic heterocycles. The number of hydrogen-bond acceptors (Lipinski definition) is 3. The van der Waals surface area contributed by atoms with Crippen LogP contribution in [0.5, 0.6) is 0 Å². The zero-order valence-corrected chi connectivity index (χ0v) is 14.9. The minimum Gasteiger partial charge on any atom is -0.319 e. The van der Waals surface area contributed by atoms with Crippen molar-refractivity contribution in [1.82, 2.24) is 0 Å². The van der Waals surface area contributed by atoms with E-state index in [9.17, 15) is 22.0 Å². The minimum atomic E-state index is -3.85. The van der Waals surface area contributed by atoms with Crippen molar-refractivity contribution in [3.8, 4) is 0 Å². The number of benzene rings is 2. The Balaban J connectivity index is 2.35. The smallest absolute Gasteiger partial charge is 0.248 e. The number of amides is 1. The van der Waals surface area contributed by atoms with E-state index in [0.717, 1.165) is 28.8 Å². The molecule has 0 aliphatic heterocycles. The molecule has 0 bridgehead atoms. The largest absolute Gasteiger partial charge is 0.319 e. The zero-order valence-electron chi connectivity index (χ0n) is 13.3. The lowest BCUT2D eigenvalue weighted by Crippen LogP contribution is -2.45. The first-order valence-electron chi connectivity index (χ1n) is 7.11. The van der Waals surface area contributed by atoms with Gasteiger partial charge in [0, 0.05) is 5.02 Å². The number of carbonyl (C=O) groups is 1. The van der Waals surface area contributed by atoms with Gasteiger partial charge in [0.15, 0.2) is 0 Å². The lowest BCUT2D eigenvalue weighted by atomic mass is 10.2. The lowest BCUT2D eigenvalue weighted by molar-refractivity contribution is -0.116. The highest BCUT2D eigenvalue weighted by molar-refractivity contribution is 7.92. The van der Waals surface area contributed by atoms with Gasteiger partial charge in [-0.15, -0.1) is 0 Å². The predicted molar refractivity (Wildman–Crippen MR) is 93.2 cm³/mol. The van der Waals surface area contributed by atoms with Crippen molar-refractivity contribution in [3.05, 3.63) is 59.1 Å². The predicted octanol–water partition coefficient (Wildman–Crippen LogP) is 3.41. The minimum absolute atomic E-state index is 0.198. The van der Waals surface area contributed by atoms with Crippen LogP contribution in [0, 0.1) is 11.6 Å². The summed E-state index contributed by atoms with van der Waals surface area (Å²) in [6.07, 6.45) is 0.926. The summed E-state index contributed by atoms with van der Waals surface area (Å²) in [5.74, 6) is -2.81. The van der Waals surface area contributed by atoms with Gasteiger partial charge in [0.25, 0.3) is 0 Å². The number of rotatable bonds is 5. The van der Waals surface area contributed by atoms with Crippen molar-refractivity contribution in [2.75, 3.05) is 15.9 Å². The molecule has 134 valence electrons. The van der Waals surface area contributed by atoms with Gasteiger partial charge in [-0.2, -0.15) is 0 Å². The summed E-state index contributed by atoms with van der Waals surface area (Å²) in [5.41, 5.74) is -0.438. The van der Waals surface area contributed by atoms with Crippen LogP contribution in [0.1, 0.15) is 6.92 Å². The van der Waals surface area contributed by atoms with E-state index in [2.05, 4.69) is 5.32 Å². The number of carbonyl (C=O) groups excluding carboxylic acids is 1. The molecule has 0 unspecified atom stereocenters. The van der Waals surface area contributed by atoms with Crippen LogP contribution in [-0.2, 0) is 14.8 Å². The van der Waals surface area contributed by atoms with Crippen molar-refractivity contribution in [3.63, 3.8) is 0 Å². The molecule has 0 saturated heterocycles. The molecule has 5 nitrogen and oxygen atoms in total. The Hall–Kier alpha value is -2.19. The van der Waals surface area contributed by atoms with Gasteiger partial charge >= 0.3 is 0 Å². The monoisotopic (exact) mass is 388 g/mol. The number of nitrogens with zero attached hydrogens (tertiary/aromatic N) is 1. The molecule has 0 heterocycles. The Bertz CT molecular complexity index is 869. The molecule has 1 amide bonds. The van der Waals surface area contributed by atoms with Gasteiger partial charge in [0.05, 0.1) is 11.9 Å². The van der Waals surface area contributed by atoms with Crippen molar-refractivity contribution in [1.29, 1.82) is 0 Å². The number of sulfonamides is 1. The molecule has 0 aliphatic rings. The molecule has 9 heteroatoms. The van der Waals surface area contributed by atoms with Crippen LogP contribution in [0.4, 0.5) is 20.2 Å². The summed E-state index contributed by atoms with van der Waals surface area (Å²) >= 11 is 5.78. The zero-order chi connectivity index (χ0) is 18.8. The van der Waals surface area contributed by atoms with Crippen LogP contribution in [0.2, 0.25) is 5.02 Å². The summed E-state index contributed by atoms with van der Waals surface area (Å²) in [4.78, 5) is 12.4. The molecule has 0 saturated carbocycles. The molecule has 1 N–H and O–H groups in total. The van der Waals surface area contributed by atoms with E-state index < -0.39 is 39.3 Å². The topological polar surface area (TPSA) is 66.5 Å². The van der Waals surface area contributed by atoms with Crippen LogP contribution < -0.4 is 9.62 Å². The number of para-hydroxylation sites is 1. The Labute approximate surface area is 149 Å². The first-order chi connectivity index (χ1) is 11.6. The Morgan fingerprint density at radius 3 is 2.12 bits per heavy atom. The first kappa shape index (κ1) is 19.1. The van der Waals surface area contributed by atoms with E-state index in [-0.39, 0.29) is 5.69 Å². The second-order valence-corrected chi connectivity index (χ2v) is 7.59. The normalized spacial score (nSPS) is 12.5. The maximum Gasteiger partial charge on any atom is 0.248 e. The molecule has 1 atom stereocenters. The van der Waals surface area contributed by atoms with Crippen LogP contribution in [0.3, 0.4) is 0 Å². The van der Waals surface area contributed by atoms with Crippen molar-refractivity contribution < 1.29 is 22.0 Å². The lowest BCUT2D eigenvalue weighted by Gasteiger charge is -2.28. The van der Waals surface area contributed by atoms with Crippen molar-refractivity contribution in [2.24, 2.45) is 0 Å². The van der Waals surface area contributed by atoms with Crippen molar-refractivity contribution >= 4 is 38.9 Å². The van der Waals surface area contributed by atoms with E-state index in [0.29, 0.717) is 5.02 Å². The summed E-state index contributed by atoms with van der Waals surface area (Å²) in [6, 6.07) is 7.66. The number of nitrogens with one attached hydrogen (secondary N) is 1. The molecule has 2 aromatic carbocycles. The fourth-order valence-electron chi connectivity index (χ4n) is 2.24. The summed E-state index contributed by atoms with van der Waals surface area (Å²) in [5, 5.41) is 2.48. The SMILES string of the molecule is C[C@H](C(=O)Nc1c(F)cccc1F)N(c1ccc(Cl)cc1)S(C)(=O)=O. The fraction of sp³-hybridized carbons (Fsp3) is 0.188. The molecule has 2 rings (SSSR count). The Kier molecular flexibility index (Phi) is 5.64. The van der Waals surface area contributed by atoms with Gasteiger partial charge in [-0.1, -0.05) is 17.7 Å². The summed E-state index contributed by atoms with van der Waals surface area (Å²) in [6.45, 7) is 1.31. The maximum absolute atomic E-state index is 13.7. The van der Waals surface area contributed by atoms with Gasteiger partial charge in [-0.05, 0) is 43.3 Å². The highest BCUT2D eigenvalue weighted by Gasteiger charge is 2.30. The fourth-order valence-corrected chi connectivity index (χ4v) is 3.54. The van der Waals surface area contributed by atoms with Crippen LogP contribution >= 0.6 is 11.6 Å². The standard InChI is InChI=1S/C16H15ClF2N2O3S/c1-10(16(22)20-15-13(18)4-3-5-14(15)19)21(25(2,23)24)12-8-6-11(17)7-9-12/h3-10H,1-2H3,(H,20,22)/t10-/m1/s1. The maximum atomic E-state index is 13.7. The average molecular weight is 389 g/mol. The highest BCUT2D eigenvalue weighted by Crippen LogP contribution is 2.24. The van der Waals surface area contributed by atoms with Gasteiger partial charge in [-0.3, -0.25) is 9.10 Å². The summed E-state index contributed by atoms with van der Waals surface area (Å²) in [7, 11) is -3.85. The quantitative estimate of drug-likeness (QED) is 0.853. The van der Waals surface area contributed by atoms with E-state index in [4.69, 9.17) is 11.6 Å². The van der Waals surface area contributed by atoms with Crippen LogP contribution in [-0.4, -0.2) is 26.6 Å². The number of anilines is 2. The van der Waals surface area contributed by atoms with Gasteiger partial charge in [-0.25, -0.2) is 17.2 Å². The second kappa shape index (κ2) is 7.37. The van der Waals surface area contributed by atoms with Gasteiger partial charge in [0.1, 0.15) is 23.4 Å². The Morgan fingerprint density at radius 1 is 1.12 bits per heavy atom. The van der Waals surface area contributed by atoms with Crippen LogP contribution in [0.15, 0.2) is 42.5 Å². The summed E-state index contributed by atoms with van der Waals surface area (Å²) < 4.78 is 52.4. The van der Waals surface area contributed by atoms with Gasteiger partial charge in [0.2, 0.25) is 15.9 Å². The number of halogens is 3. The average Bonchev–Trinajstić information content (AvgIpc) is 2.51. The van der Waals surface area contributed by atoms with Gasteiger partial charge < -0.3 is 5.32 Å². The molecule has 2 aromatic rings. The van der Waals surface area contributed by atoms with E-state index in [1.165, 1.54) is 31.2 Å². The molecule has 0 aliphatic carbocycles. The third-order valence-electron chi connectivity index (χ3n) is 3.38. The Morgan fingerprint density at radius 2 is 1.64 bits per heavy atom.